The Bertz CT molecular complexity index is 310. The van der Waals surface area contributed by atoms with E-state index in [0.29, 0.717) is 26.0 Å². The van der Waals surface area contributed by atoms with Crippen molar-refractivity contribution in [3.63, 3.8) is 0 Å². The minimum atomic E-state index is -0.752. The Balaban J connectivity index is 3.16. The minimum absolute atomic E-state index is 0.0672. The van der Waals surface area contributed by atoms with E-state index in [4.69, 9.17) is 14.6 Å². The van der Waals surface area contributed by atoms with E-state index in [2.05, 4.69) is 5.32 Å². The lowest BCUT2D eigenvalue weighted by Crippen LogP contribution is -2.24. The summed E-state index contributed by atoms with van der Waals surface area (Å²) < 4.78 is 10.8. The zero-order valence-corrected chi connectivity index (χ0v) is 15.1. The summed E-state index contributed by atoms with van der Waals surface area (Å²) in [6.07, 6.45) is 7.78. The molecule has 0 spiro atoms. The number of carboxylic acid groups (broad SMARTS) is 1. The lowest BCUT2D eigenvalue weighted by atomic mass is 10.1. The lowest BCUT2D eigenvalue weighted by Gasteiger charge is -2.06. The quantitative estimate of drug-likeness (QED) is 0.373. The molecule has 0 saturated heterocycles. The number of carbonyl (C=O) groups is 2. The van der Waals surface area contributed by atoms with Crippen LogP contribution in [-0.2, 0) is 19.1 Å². The number of rotatable bonds is 18. The summed E-state index contributed by atoms with van der Waals surface area (Å²) in [5, 5.41) is 11.4. The van der Waals surface area contributed by atoms with Crippen molar-refractivity contribution in [3.8, 4) is 0 Å². The van der Waals surface area contributed by atoms with E-state index in [1.54, 1.807) is 0 Å². The SMILES string of the molecule is CC[CH]OCCCCOCCCNC(=O)CCCCCCC(=O)O. The highest BCUT2D eigenvalue weighted by atomic mass is 16.5. The van der Waals surface area contributed by atoms with Crippen molar-refractivity contribution in [2.45, 2.75) is 71.1 Å². The van der Waals surface area contributed by atoms with Gasteiger partial charge >= 0.3 is 5.97 Å². The summed E-state index contributed by atoms with van der Waals surface area (Å²) in [5.41, 5.74) is 0. The van der Waals surface area contributed by atoms with E-state index in [9.17, 15) is 9.59 Å². The van der Waals surface area contributed by atoms with E-state index in [0.717, 1.165) is 58.2 Å². The molecule has 1 amide bonds. The molecule has 141 valence electrons. The Morgan fingerprint density at radius 1 is 0.917 bits per heavy atom. The minimum Gasteiger partial charge on any atom is -0.481 e. The van der Waals surface area contributed by atoms with Crippen LogP contribution in [0.2, 0.25) is 0 Å². The zero-order valence-electron chi connectivity index (χ0n) is 15.1. The van der Waals surface area contributed by atoms with Gasteiger partial charge in [-0.1, -0.05) is 19.8 Å². The number of ether oxygens (including phenoxy) is 2. The van der Waals surface area contributed by atoms with Crippen LogP contribution in [0.5, 0.6) is 0 Å². The van der Waals surface area contributed by atoms with Crippen LogP contribution in [-0.4, -0.2) is 43.3 Å². The molecule has 0 rings (SSSR count). The molecule has 2 N–H and O–H groups in total. The van der Waals surface area contributed by atoms with Crippen LogP contribution in [0.15, 0.2) is 0 Å². The Kier molecular flexibility index (Phi) is 17.3. The maximum atomic E-state index is 11.6. The maximum Gasteiger partial charge on any atom is 0.303 e. The Morgan fingerprint density at radius 2 is 1.58 bits per heavy atom. The fraction of sp³-hybridized carbons (Fsp3) is 0.833. The van der Waals surface area contributed by atoms with E-state index in [1.165, 1.54) is 0 Å². The monoisotopic (exact) mass is 344 g/mol. The number of nitrogens with one attached hydrogen (secondary N) is 1. The Morgan fingerprint density at radius 3 is 2.29 bits per heavy atom. The molecule has 0 atom stereocenters. The van der Waals surface area contributed by atoms with Gasteiger partial charge in [0.2, 0.25) is 5.91 Å². The largest absolute Gasteiger partial charge is 0.481 e. The first kappa shape index (κ1) is 22.9. The number of hydrogen-bond acceptors (Lipinski definition) is 4. The van der Waals surface area contributed by atoms with E-state index < -0.39 is 5.97 Å². The predicted octanol–water partition coefficient (Wildman–Crippen LogP) is 3.30. The number of carbonyl (C=O) groups excluding carboxylic acids is 1. The van der Waals surface area contributed by atoms with E-state index >= 15 is 0 Å². The van der Waals surface area contributed by atoms with E-state index in [1.807, 2.05) is 13.5 Å². The normalized spacial score (nSPS) is 10.7. The van der Waals surface area contributed by atoms with Crippen molar-refractivity contribution in [2.75, 3.05) is 26.4 Å². The molecule has 1 radical (unpaired) electrons. The smallest absolute Gasteiger partial charge is 0.303 e. The standard InChI is InChI=1S/C18H34NO5/c1-2-13-23-14-7-8-15-24-16-9-12-19-17(20)10-5-3-4-6-11-18(21)22/h13H,2-12,14-16H2,1H3,(H,19,20)(H,21,22). The van der Waals surface area contributed by atoms with Gasteiger partial charge in [-0.05, 0) is 38.5 Å². The van der Waals surface area contributed by atoms with Gasteiger partial charge in [0.25, 0.3) is 0 Å². The van der Waals surface area contributed by atoms with Crippen LogP contribution in [0.3, 0.4) is 0 Å². The molecule has 0 unspecified atom stereocenters. The van der Waals surface area contributed by atoms with Crippen LogP contribution in [0.25, 0.3) is 0 Å². The van der Waals surface area contributed by atoms with Gasteiger partial charge in [-0.15, -0.1) is 0 Å². The fourth-order valence-corrected chi connectivity index (χ4v) is 2.10. The third kappa shape index (κ3) is 18.9. The van der Waals surface area contributed by atoms with Gasteiger partial charge in [0.15, 0.2) is 0 Å². The molecule has 0 aromatic rings. The number of amides is 1. The second kappa shape index (κ2) is 18.2. The molecule has 0 aromatic heterocycles. The maximum absolute atomic E-state index is 11.6. The van der Waals surface area contributed by atoms with Gasteiger partial charge in [0.05, 0.1) is 6.61 Å². The summed E-state index contributed by atoms with van der Waals surface area (Å²) in [5.74, 6) is -0.684. The zero-order chi connectivity index (χ0) is 17.9. The molecule has 0 aliphatic heterocycles. The first-order valence-electron chi connectivity index (χ1n) is 9.16. The highest BCUT2D eigenvalue weighted by Crippen LogP contribution is 2.05. The molecule has 0 bridgehead atoms. The van der Waals surface area contributed by atoms with Crippen LogP contribution in [0.1, 0.15) is 71.1 Å². The molecule has 0 saturated carbocycles. The molecule has 0 heterocycles. The molecule has 0 aromatic carbocycles. The molecule has 6 heteroatoms. The first-order valence-corrected chi connectivity index (χ1v) is 9.16. The third-order valence-electron chi connectivity index (χ3n) is 3.42. The average Bonchev–Trinajstić information content (AvgIpc) is 2.55. The summed E-state index contributed by atoms with van der Waals surface area (Å²) >= 11 is 0. The summed E-state index contributed by atoms with van der Waals surface area (Å²) in [4.78, 5) is 21.9. The second-order valence-electron chi connectivity index (χ2n) is 5.78. The van der Waals surface area contributed by atoms with Gasteiger partial charge < -0.3 is 19.9 Å². The topological polar surface area (TPSA) is 84.9 Å². The summed E-state index contributed by atoms with van der Waals surface area (Å²) in [6, 6.07) is 0. The summed E-state index contributed by atoms with van der Waals surface area (Å²) in [6.45, 7) is 6.66. The molecular formula is C18H34NO5. The Hall–Kier alpha value is -1.14. The van der Waals surface area contributed by atoms with Gasteiger partial charge in [0.1, 0.15) is 0 Å². The lowest BCUT2D eigenvalue weighted by molar-refractivity contribution is -0.137. The third-order valence-corrected chi connectivity index (χ3v) is 3.42. The van der Waals surface area contributed by atoms with Gasteiger partial charge in [0, 0.05) is 39.2 Å². The highest BCUT2D eigenvalue weighted by molar-refractivity contribution is 5.75. The molecular weight excluding hydrogens is 310 g/mol. The van der Waals surface area contributed by atoms with Crippen LogP contribution < -0.4 is 5.32 Å². The molecule has 6 nitrogen and oxygen atoms in total. The molecule has 0 fully saturated rings. The van der Waals surface area contributed by atoms with Crippen molar-refractivity contribution in [3.05, 3.63) is 6.61 Å². The van der Waals surface area contributed by atoms with Gasteiger partial charge in [-0.2, -0.15) is 0 Å². The first-order chi connectivity index (χ1) is 11.7. The fourth-order valence-electron chi connectivity index (χ4n) is 2.10. The predicted molar refractivity (Wildman–Crippen MR) is 93.6 cm³/mol. The number of unbranched alkanes of at least 4 members (excludes halogenated alkanes) is 4. The molecule has 24 heavy (non-hydrogen) atoms. The van der Waals surface area contributed by atoms with Gasteiger partial charge in [-0.25, -0.2) is 0 Å². The Labute approximate surface area is 146 Å². The summed E-state index contributed by atoms with van der Waals surface area (Å²) in [7, 11) is 0. The number of carboxylic acids is 1. The van der Waals surface area contributed by atoms with Crippen LogP contribution in [0, 0.1) is 6.61 Å². The van der Waals surface area contributed by atoms with Crippen LogP contribution >= 0.6 is 0 Å². The van der Waals surface area contributed by atoms with Crippen molar-refractivity contribution in [1.29, 1.82) is 0 Å². The van der Waals surface area contributed by atoms with Gasteiger partial charge in [-0.3, -0.25) is 9.59 Å². The molecule has 0 aliphatic carbocycles. The van der Waals surface area contributed by atoms with Crippen molar-refractivity contribution in [2.24, 2.45) is 0 Å². The van der Waals surface area contributed by atoms with Crippen molar-refractivity contribution in [1.82, 2.24) is 5.32 Å². The van der Waals surface area contributed by atoms with Crippen molar-refractivity contribution < 1.29 is 24.2 Å². The highest BCUT2D eigenvalue weighted by Gasteiger charge is 2.01. The number of aliphatic carboxylic acids is 1. The van der Waals surface area contributed by atoms with Crippen molar-refractivity contribution >= 4 is 11.9 Å². The second-order valence-corrected chi connectivity index (χ2v) is 5.78. The van der Waals surface area contributed by atoms with Crippen LogP contribution in [0.4, 0.5) is 0 Å². The molecule has 0 aliphatic rings. The number of hydrogen-bond donors (Lipinski definition) is 2. The average molecular weight is 344 g/mol. The van der Waals surface area contributed by atoms with E-state index in [-0.39, 0.29) is 12.3 Å².